The highest BCUT2D eigenvalue weighted by Gasteiger charge is 2.11. The smallest absolute Gasteiger partial charge is 0.236 e. The van der Waals surface area contributed by atoms with E-state index < -0.39 is 0 Å². The summed E-state index contributed by atoms with van der Waals surface area (Å²) in [5.41, 5.74) is 1.22. The molecule has 1 N–H and O–H groups in total. The summed E-state index contributed by atoms with van der Waals surface area (Å²) in [6, 6.07) is 8.09. The summed E-state index contributed by atoms with van der Waals surface area (Å²) in [5.74, 6) is 0.160. The van der Waals surface area contributed by atoms with Crippen LogP contribution in [0.25, 0.3) is 0 Å². The molecule has 1 aromatic rings. The topological polar surface area (TPSA) is 32.3 Å². The Hall–Kier alpha value is -1.06. The highest BCUT2D eigenvalue weighted by Crippen LogP contribution is 2.10. The minimum absolute atomic E-state index is 0.160. The Morgan fingerprint density at radius 2 is 1.84 bits per heavy atom. The molecule has 0 bridgehead atoms. The van der Waals surface area contributed by atoms with Crippen molar-refractivity contribution in [3.8, 4) is 0 Å². The maximum Gasteiger partial charge on any atom is 0.236 e. The third-order valence-corrected chi connectivity index (χ3v) is 3.43. The Balaban J connectivity index is 2.37. The Morgan fingerprint density at radius 1 is 1.26 bits per heavy atom. The SMILES string of the molecule is CCN(CC)C(=O)CNC(C)Cc1ccc(Cl)cc1. The number of carbonyl (C=O) groups excluding carboxylic acids is 1. The lowest BCUT2D eigenvalue weighted by molar-refractivity contribution is -0.129. The van der Waals surface area contributed by atoms with Crippen LogP contribution in [0.4, 0.5) is 0 Å². The van der Waals surface area contributed by atoms with E-state index in [9.17, 15) is 4.79 Å². The summed E-state index contributed by atoms with van der Waals surface area (Å²) in [7, 11) is 0. The molecule has 1 unspecified atom stereocenters. The molecule has 19 heavy (non-hydrogen) atoms. The highest BCUT2D eigenvalue weighted by molar-refractivity contribution is 6.30. The fraction of sp³-hybridized carbons (Fsp3) is 0.533. The third kappa shape index (κ3) is 5.62. The molecule has 0 saturated heterocycles. The van der Waals surface area contributed by atoms with Crippen LogP contribution in [0, 0.1) is 0 Å². The maximum atomic E-state index is 11.9. The van der Waals surface area contributed by atoms with Gasteiger partial charge in [0.1, 0.15) is 0 Å². The predicted molar refractivity (Wildman–Crippen MR) is 80.5 cm³/mol. The maximum absolute atomic E-state index is 11.9. The summed E-state index contributed by atoms with van der Waals surface area (Å²) in [5, 5.41) is 4.02. The summed E-state index contributed by atoms with van der Waals surface area (Å²) in [4.78, 5) is 13.7. The van der Waals surface area contributed by atoms with Crippen molar-refractivity contribution in [1.82, 2.24) is 10.2 Å². The van der Waals surface area contributed by atoms with E-state index in [0.29, 0.717) is 6.54 Å². The van der Waals surface area contributed by atoms with E-state index in [1.807, 2.05) is 43.0 Å². The molecule has 0 saturated carbocycles. The molecule has 0 aliphatic heterocycles. The van der Waals surface area contributed by atoms with Crippen molar-refractivity contribution in [3.05, 3.63) is 34.9 Å². The quantitative estimate of drug-likeness (QED) is 0.834. The Labute approximate surface area is 120 Å². The van der Waals surface area contributed by atoms with E-state index in [0.717, 1.165) is 24.5 Å². The zero-order valence-electron chi connectivity index (χ0n) is 11.9. The summed E-state index contributed by atoms with van der Waals surface area (Å²) < 4.78 is 0. The molecule has 0 aliphatic rings. The second-order valence-electron chi connectivity index (χ2n) is 4.68. The molecule has 0 radical (unpaired) electrons. The van der Waals surface area contributed by atoms with Crippen LogP contribution in [-0.4, -0.2) is 36.5 Å². The minimum atomic E-state index is 0.160. The number of carbonyl (C=O) groups is 1. The minimum Gasteiger partial charge on any atom is -0.342 e. The van der Waals surface area contributed by atoms with E-state index in [2.05, 4.69) is 12.2 Å². The lowest BCUT2D eigenvalue weighted by atomic mass is 10.1. The van der Waals surface area contributed by atoms with Crippen LogP contribution in [-0.2, 0) is 11.2 Å². The Bertz CT molecular complexity index is 388. The lowest BCUT2D eigenvalue weighted by Gasteiger charge is -2.20. The predicted octanol–water partition coefficient (Wildman–Crippen LogP) is 2.73. The van der Waals surface area contributed by atoms with Gasteiger partial charge in [0.2, 0.25) is 5.91 Å². The van der Waals surface area contributed by atoms with Gasteiger partial charge in [-0.05, 0) is 44.9 Å². The van der Waals surface area contributed by atoms with Crippen molar-refractivity contribution in [1.29, 1.82) is 0 Å². The molecule has 0 aromatic heterocycles. The first-order valence-corrected chi connectivity index (χ1v) is 7.20. The molecular weight excluding hydrogens is 260 g/mol. The van der Waals surface area contributed by atoms with Gasteiger partial charge in [-0.1, -0.05) is 23.7 Å². The summed E-state index contributed by atoms with van der Waals surface area (Å²) >= 11 is 5.85. The largest absolute Gasteiger partial charge is 0.342 e. The number of halogens is 1. The number of rotatable bonds is 7. The van der Waals surface area contributed by atoms with Crippen molar-refractivity contribution in [2.45, 2.75) is 33.2 Å². The van der Waals surface area contributed by atoms with E-state index in [4.69, 9.17) is 11.6 Å². The first-order valence-electron chi connectivity index (χ1n) is 6.82. The molecule has 0 heterocycles. The van der Waals surface area contributed by atoms with Gasteiger partial charge in [-0.3, -0.25) is 4.79 Å². The zero-order valence-corrected chi connectivity index (χ0v) is 12.7. The van der Waals surface area contributed by atoms with Crippen molar-refractivity contribution >= 4 is 17.5 Å². The van der Waals surface area contributed by atoms with Crippen LogP contribution in [0.2, 0.25) is 5.02 Å². The van der Waals surface area contributed by atoms with Gasteiger partial charge in [0, 0.05) is 24.2 Å². The fourth-order valence-corrected chi connectivity index (χ4v) is 2.12. The number of hydrogen-bond acceptors (Lipinski definition) is 2. The van der Waals surface area contributed by atoms with Gasteiger partial charge in [0.25, 0.3) is 0 Å². The highest BCUT2D eigenvalue weighted by atomic mass is 35.5. The molecule has 106 valence electrons. The number of hydrogen-bond donors (Lipinski definition) is 1. The fourth-order valence-electron chi connectivity index (χ4n) is 2.00. The second kappa shape index (κ2) is 8.18. The molecule has 0 aliphatic carbocycles. The van der Waals surface area contributed by atoms with E-state index in [1.165, 1.54) is 5.56 Å². The van der Waals surface area contributed by atoms with Gasteiger partial charge in [-0.2, -0.15) is 0 Å². The average Bonchev–Trinajstić information content (AvgIpc) is 2.40. The molecule has 0 spiro atoms. The Morgan fingerprint density at radius 3 is 2.37 bits per heavy atom. The summed E-state index contributed by atoms with van der Waals surface area (Å²) in [6.07, 6.45) is 0.892. The molecule has 1 amide bonds. The Kier molecular flexibility index (Phi) is 6.89. The lowest BCUT2D eigenvalue weighted by Crippen LogP contribution is -2.41. The van der Waals surface area contributed by atoms with Crippen LogP contribution in [0.5, 0.6) is 0 Å². The van der Waals surface area contributed by atoms with E-state index in [1.54, 1.807) is 0 Å². The van der Waals surface area contributed by atoms with Crippen LogP contribution in [0.15, 0.2) is 24.3 Å². The number of nitrogens with one attached hydrogen (secondary N) is 1. The van der Waals surface area contributed by atoms with Gasteiger partial charge < -0.3 is 10.2 Å². The monoisotopic (exact) mass is 282 g/mol. The summed E-state index contributed by atoms with van der Waals surface area (Å²) in [6.45, 7) is 8.02. The number of likely N-dealkylation sites (N-methyl/N-ethyl adjacent to an activating group) is 1. The van der Waals surface area contributed by atoms with Gasteiger partial charge in [0.05, 0.1) is 6.54 Å². The van der Waals surface area contributed by atoms with Crippen molar-refractivity contribution in [2.24, 2.45) is 0 Å². The second-order valence-corrected chi connectivity index (χ2v) is 5.12. The van der Waals surface area contributed by atoms with Gasteiger partial charge >= 0.3 is 0 Å². The van der Waals surface area contributed by atoms with Crippen molar-refractivity contribution < 1.29 is 4.79 Å². The van der Waals surface area contributed by atoms with Crippen LogP contribution < -0.4 is 5.32 Å². The standard InChI is InChI=1S/C15H23ClN2O/c1-4-18(5-2)15(19)11-17-12(3)10-13-6-8-14(16)9-7-13/h6-9,12,17H,4-5,10-11H2,1-3H3. The van der Waals surface area contributed by atoms with Crippen molar-refractivity contribution in [3.63, 3.8) is 0 Å². The molecule has 3 nitrogen and oxygen atoms in total. The average molecular weight is 283 g/mol. The normalized spacial score (nSPS) is 12.2. The molecular formula is C15H23ClN2O. The molecule has 4 heteroatoms. The first-order chi connectivity index (χ1) is 9.06. The van der Waals surface area contributed by atoms with Crippen LogP contribution >= 0.6 is 11.6 Å². The van der Waals surface area contributed by atoms with E-state index in [-0.39, 0.29) is 11.9 Å². The molecule has 0 fully saturated rings. The van der Waals surface area contributed by atoms with E-state index >= 15 is 0 Å². The number of benzene rings is 1. The van der Waals surface area contributed by atoms with Crippen molar-refractivity contribution in [2.75, 3.05) is 19.6 Å². The first kappa shape index (κ1) is 16.0. The van der Waals surface area contributed by atoms with Gasteiger partial charge in [-0.15, -0.1) is 0 Å². The van der Waals surface area contributed by atoms with Gasteiger partial charge in [-0.25, -0.2) is 0 Å². The molecule has 1 atom stereocenters. The van der Waals surface area contributed by atoms with Crippen LogP contribution in [0.1, 0.15) is 26.3 Å². The number of nitrogens with zero attached hydrogens (tertiary/aromatic N) is 1. The molecule has 1 rings (SSSR count). The van der Waals surface area contributed by atoms with Crippen LogP contribution in [0.3, 0.4) is 0 Å². The molecule has 1 aromatic carbocycles. The third-order valence-electron chi connectivity index (χ3n) is 3.17. The number of amides is 1. The van der Waals surface area contributed by atoms with Gasteiger partial charge in [0.15, 0.2) is 0 Å². The zero-order chi connectivity index (χ0) is 14.3.